The van der Waals surface area contributed by atoms with Crippen molar-refractivity contribution in [1.82, 2.24) is 20.4 Å². The van der Waals surface area contributed by atoms with E-state index in [2.05, 4.69) is 10.6 Å². The molecule has 2 fully saturated rings. The number of carbonyl (C=O) groups excluding carboxylic acids is 5. The van der Waals surface area contributed by atoms with Crippen LogP contribution >= 0.6 is 0 Å². The minimum atomic E-state index is -0.962. The van der Waals surface area contributed by atoms with E-state index >= 15 is 0 Å². The Labute approximate surface area is 263 Å². The lowest BCUT2D eigenvalue weighted by molar-refractivity contribution is -0.144. The van der Waals surface area contributed by atoms with Crippen LogP contribution in [0.5, 0.6) is 5.75 Å². The average Bonchev–Trinajstić information content (AvgIpc) is 3.71. The zero-order chi connectivity index (χ0) is 32.7. The van der Waals surface area contributed by atoms with Crippen LogP contribution < -0.4 is 22.1 Å². The number of rotatable bonds is 12. The number of phenols is 1. The predicted octanol–water partition coefficient (Wildman–Crippen LogP) is 0.598. The Morgan fingerprint density at radius 1 is 0.822 bits per heavy atom. The molecule has 12 heteroatoms. The molecule has 0 unspecified atom stereocenters. The van der Waals surface area contributed by atoms with E-state index in [9.17, 15) is 29.1 Å². The summed E-state index contributed by atoms with van der Waals surface area (Å²) in [6.07, 6.45) is 2.50. The molecule has 0 aliphatic carbocycles. The van der Waals surface area contributed by atoms with Gasteiger partial charge in [0.25, 0.3) is 0 Å². The van der Waals surface area contributed by atoms with Crippen molar-refractivity contribution >= 4 is 29.5 Å². The smallest absolute Gasteiger partial charge is 0.246 e. The Kier molecular flexibility index (Phi) is 11.2. The number of aromatic hydroxyl groups is 1. The van der Waals surface area contributed by atoms with Gasteiger partial charge in [0.05, 0.1) is 6.04 Å². The number of carbonyl (C=O) groups is 5. The summed E-state index contributed by atoms with van der Waals surface area (Å²) >= 11 is 0. The van der Waals surface area contributed by atoms with E-state index in [1.165, 1.54) is 21.9 Å². The summed E-state index contributed by atoms with van der Waals surface area (Å²) in [5.41, 5.74) is 13.3. The second-order valence-electron chi connectivity index (χ2n) is 12.2. The third-order valence-corrected chi connectivity index (χ3v) is 8.56. The van der Waals surface area contributed by atoms with Gasteiger partial charge in [-0.05, 0) is 61.3 Å². The molecule has 0 aromatic heterocycles. The first-order valence-electron chi connectivity index (χ1n) is 15.5. The molecule has 12 nitrogen and oxygen atoms in total. The maximum absolute atomic E-state index is 13.8. The third kappa shape index (κ3) is 8.39. The Bertz CT molecular complexity index is 1370. The van der Waals surface area contributed by atoms with E-state index < -0.39 is 53.8 Å². The normalized spacial score (nSPS) is 20.0. The van der Waals surface area contributed by atoms with Gasteiger partial charge in [0.1, 0.15) is 29.9 Å². The van der Waals surface area contributed by atoms with Gasteiger partial charge >= 0.3 is 0 Å². The van der Waals surface area contributed by atoms with E-state index in [1.54, 1.807) is 26.0 Å². The van der Waals surface area contributed by atoms with Gasteiger partial charge < -0.3 is 37.0 Å². The van der Waals surface area contributed by atoms with Crippen molar-refractivity contribution in [3.8, 4) is 5.75 Å². The maximum Gasteiger partial charge on any atom is 0.246 e. The fourth-order valence-electron chi connectivity index (χ4n) is 6.08. The minimum absolute atomic E-state index is 0.105. The molecule has 2 aliphatic heterocycles. The van der Waals surface area contributed by atoms with Crippen LogP contribution in [-0.2, 0) is 36.8 Å². The summed E-state index contributed by atoms with van der Waals surface area (Å²) in [6, 6.07) is 11.3. The van der Waals surface area contributed by atoms with Crippen LogP contribution in [0.4, 0.5) is 0 Å². The van der Waals surface area contributed by atoms with E-state index in [1.807, 2.05) is 30.3 Å². The van der Waals surface area contributed by atoms with Gasteiger partial charge in [-0.15, -0.1) is 0 Å². The first-order chi connectivity index (χ1) is 21.5. The van der Waals surface area contributed by atoms with Gasteiger partial charge in [-0.1, -0.05) is 56.3 Å². The predicted molar refractivity (Wildman–Crippen MR) is 167 cm³/mol. The van der Waals surface area contributed by atoms with Gasteiger partial charge in [0, 0.05) is 19.5 Å². The monoisotopic (exact) mass is 620 g/mol. The highest BCUT2D eigenvalue weighted by molar-refractivity contribution is 5.96. The number of hydrogen-bond donors (Lipinski definition) is 5. The third-order valence-electron chi connectivity index (χ3n) is 8.56. The molecule has 2 aliphatic rings. The number of primary amides is 1. The van der Waals surface area contributed by atoms with Crippen molar-refractivity contribution in [1.29, 1.82) is 0 Å². The zero-order valence-corrected chi connectivity index (χ0v) is 25.9. The molecular formula is C33H44N6O6. The molecule has 2 aromatic rings. The van der Waals surface area contributed by atoms with E-state index in [4.69, 9.17) is 11.5 Å². The highest BCUT2D eigenvalue weighted by Crippen LogP contribution is 2.23. The fraction of sp³-hybridized carbons (Fsp3) is 0.485. The number of phenolic OH excluding ortho intramolecular Hbond substituents is 1. The zero-order valence-electron chi connectivity index (χ0n) is 25.9. The van der Waals surface area contributed by atoms with Gasteiger partial charge in [-0.2, -0.15) is 0 Å². The van der Waals surface area contributed by atoms with Crippen molar-refractivity contribution in [3.63, 3.8) is 0 Å². The van der Waals surface area contributed by atoms with Crippen LogP contribution in [-0.4, -0.2) is 87.7 Å². The van der Waals surface area contributed by atoms with Gasteiger partial charge in [-0.25, -0.2) is 0 Å². The molecule has 7 N–H and O–H groups in total. The number of hydrogen-bond acceptors (Lipinski definition) is 7. The minimum Gasteiger partial charge on any atom is -0.508 e. The number of benzene rings is 2. The number of nitrogens with two attached hydrogens (primary N) is 2. The Morgan fingerprint density at radius 3 is 2.00 bits per heavy atom. The fourth-order valence-corrected chi connectivity index (χ4v) is 6.08. The molecule has 4 rings (SSSR count). The summed E-state index contributed by atoms with van der Waals surface area (Å²) in [5.74, 6) is -2.52. The first-order valence-corrected chi connectivity index (χ1v) is 15.5. The van der Waals surface area contributed by atoms with Crippen LogP contribution in [0.2, 0.25) is 0 Å². The van der Waals surface area contributed by atoms with E-state index in [-0.39, 0.29) is 30.4 Å². The second-order valence-corrected chi connectivity index (χ2v) is 12.2. The van der Waals surface area contributed by atoms with Gasteiger partial charge in [0.2, 0.25) is 29.5 Å². The SMILES string of the molecule is CC(C)[C@H](NC(=O)[C@@H](N)Cc1ccc(O)cc1)C(=O)N1CCC[C@H]1C(=O)N[C@@H](Cc1ccccc1)C(=O)N1CCC[C@H]1C(N)=O. The molecule has 2 heterocycles. The largest absolute Gasteiger partial charge is 0.508 e. The first kappa shape index (κ1) is 33.4. The molecule has 2 saturated heterocycles. The molecule has 0 saturated carbocycles. The summed E-state index contributed by atoms with van der Waals surface area (Å²) in [6.45, 7) is 4.30. The maximum atomic E-state index is 13.8. The number of nitrogens with zero attached hydrogens (tertiary/aromatic N) is 2. The number of likely N-dealkylation sites (tertiary alicyclic amines) is 2. The van der Waals surface area contributed by atoms with Gasteiger partial charge in [0.15, 0.2) is 0 Å². The number of amides is 5. The molecule has 0 spiro atoms. The van der Waals surface area contributed by atoms with Crippen molar-refractivity contribution in [2.75, 3.05) is 13.1 Å². The Morgan fingerprint density at radius 2 is 1.40 bits per heavy atom. The summed E-state index contributed by atoms with van der Waals surface area (Å²) in [7, 11) is 0. The average molecular weight is 621 g/mol. The molecule has 242 valence electrons. The topological polar surface area (TPSA) is 188 Å². The Balaban J connectivity index is 1.46. The highest BCUT2D eigenvalue weighted by Gasteiger charge is 2.42. The standard InChI is InChI=1S/C33H44N6O6/c1-20(2)28(37-30(42)24(34)18-22-12-14-23(40)15-13-22)33(45)39-17-7-11-27(39)31(43)36-25(19-21-8-4-3-5-9-21)32(44)38-16-6-10-26(38)29(35)41/h3-5,8-9,12-15,20,24-28,40H,6-7,10-11,16-19,34H2,1-2H3,(H2,35,41)(H,36,43)(H,37,42)/t24-,25-,26-,27-,28-/m0/s1. The molecule has 5 amide bonds. The summed E-state index contributed by atoms with van der Waals surface area (Å²) in [5, 5.41) is 15.2. The highest BCUT2D eigenvalue weighted by atomic mass is 16.3. The van der Waals surface area contributed by atoms with Crippen molar-refractivity contribution < 1.29 is 29.1 Å². The van der Waals surface area contributed by atoms with Crippen LogP contribution in [0, 0.1) is 5.92 Å². The van der Waals surface area contributed by atoms with Crippen molar-refractivity contribution in [2.45, 2.75) is 82.6 Å². The van der Waals surface area contributed by atoms with Crippen molar-refractivity contribution in [2.24, 2.45) is 17.4 Å². The summed E-state index contributed by atoms with van der Waals surface area (Å²) in [4.78, 5) is 69.3. The van der Waals surface area contributed by atoms with Crippen LogP contribution in [0.15, 0.2) is 54.6 Å². The lowest BCUT2D eigenvalue weighted by atomic mass is 10.00. The number of nitrogens with one attached hydrogen (secondary N) is 2. The molecule has 0 radical (unpaired) electrons. The molecule has 0 bridgehead atoms. The molecule has 5 atom stereocenters. The second kappa shape index (κ2) is 15.0. The van der Waals surface area contributed by atoms with Crippen LogP contribution in [0.3, 0.4) is 0 Å². The quantitative estimate of drug-likeness (QED) is 0.230. The molecular weight excluding hydrogens is 576 g/mol. The van der Waals surface area contributed by atoms with Crippen LogP contribution in [0.25, 0.3) is 0 Å². The van der Waals surface area contributed by atoms with E-state index in [0.717, 1.165) is 11.1 Å². The molecule has 45 heavy (non-hydrogen) atoms. The van der Waals surface area contributed by atoms with Gasteiger partial charge in [-0.3, -0.25) is 24.0 Å². The van der Waals surface area contributed by atoms with Crippen LogP contribution in [0.1, 0.15) is 50.7 Å². The van der Waals surface area contributed by atoms with E-state index in [0.29, 0.717) is 38.8 Å². The lowest BCUT2D eigenvalue weighted by Crippen LogP contribution is -2.59. The summed E-state index contributed by atoms with van der Waals surface area (Å²) < 4.78 is 0. The Hall–Kier alpha value is -4.45. The lowest BCUT2D eigenvalue weighted by Gasteiger charge is -2.32. The molecule has 2 aromatic carbocycles. The van der Waals surface area contributed by atoms with Crippen molar-refractivity contribution in [3.05, 3.63) is 65.7 Å².